The minimum atomic E-state index is -0.939. The van der Waals surface area contributed by atoms with E-state index >= 15 is 0 Å². The van der Waals surface area contributed by atoms with E-state index in [1.807, 2.05) is 0 Å². The van der Waals surface area contributed by atoms with Crippen LogP contribution in [-0.4, -0.2) is 6.10 Å². The van der Waals surface area contributed by atoms with Crippen molar-refractivity contribution in [2.24, 2.45) is 5.92 Å². The molecule has 4 aliphatic rings. The van der Waals surface area contributed by atoms with Gasteiger partial charge < -0.3 is 35.7 Å². The third kappa shape index (κ3) is 8.44. The first kappa shape index (κ1) is 57.3. The molecule has 0 radical (unpaired) electrons. The highest BCUT2D eigenvalue weighted by Gasteiger charge is 2.48. The van der Waals surface area contributed by atoms with Crippen molar-refractivity contribution in [1.29, 1.82) is 0 Å². The number of furan rings is 7. The topological polar surface area (TPSA) is 101 Å². The summed E-state index contributed by atoms with van der Waals surface area (Å²) in [6, 6.07) is 93.1. The van der Waals surface area contributed by atoms with E-state index in [0.29, 0.717) is 12.8 Å². The van der Waals surface area contributed by atoms with Gasteiger partial charge in [-0.1, -0.05) is 176 Å². The molecule has 0 N–H and O–H groups in total. The Hall–Kier alpha value is -13.3. The van der Waals surface area contributed by atoms with Crippen LogP contribution in [0.4, 0.5) is 0 Å². The van der Waals surface area contributed by atoms with Crippen LogP contribution in [0.1, 0.15) is 57.2 Å². The van der Waals surface area contributed by atoms with Gasteiger partial charge in [0.15, 0.2) is 0 Å². The molecule has 8 nitrogen and oxygen atoms in total. The molecular weight excluding hydrogens is 1290 g/mol. The summed E-state index contributed by atoms with van der Waals surface area (Å²) in [5, 5.41) is 12.2. The summed E-state index contributed by atoms with van der Waals surface area (Å²) in [7, 11) is 0. The first-order chi connectivity index (χ1) is 51.9. The fraction of sp³-hybridized carbons (Fsp3) is 0.0722. The Bertz CT molecular complexity index is 7050. The average Bonchev–Trinajstić information content (AvgIpc) is 1.68. The summed E-state index contributed by atoms with van der Waals surface area (Å²) in [4.78, 5) is 0. The van der Waals surface area contributed by atoms with E-state index in [0.717, 1.165) is 222 Å². The number of rotatable bonds is 8. The molecule has 8 heteroatoms. The molecule has 3 atom stereocenters. The SMILES string of the molecule is C1=CC(c2ccccc2)Cc2c1oc1cc3c(cc21)OC1CC=C(C(c2ccc4oc5cc6c(cc5c4c2)oc2ccc(-c4ccccc4)cc26)(c2ccc4oc5cc6c(cc5c4c2)oc2ccc(-c4ccccc4)cc26)C2C=Cc4oc5cc6c(cc5c4C2)oc2ccc(-c4ccccc4)cc26)C=C31. The first-order valence-electron chi connectivity index (χ1n) is 36.2. The van der Waals surface area contributed by atoms with Crippen molar-refractivity contribution in [3.05, 3.63) is 336 Å². The Balaban J connectivity index is 0.729. The van der Waals surface area contributed by atoms with Crippen LogP contribution in [0.15, 0.2) is 322 Å². The number of ether oxygens (including phenoxy) is 1. The molecule has 0 spiro atoms. The molecule has 0 fully saturated rings. The van der Waals surface area contributed by atoms with Gasteiger partial charge in [0.2, 0.25) is 0 Å². The van der Waals surface area contributed by atoms with Gasteiger partial charge in [-0.2, -0.15) is 0 Å². The maximum absolute atomic E-state index is 7.19. The van der Waals surface area contributed by atoms with Crippen molar-refractivity contribution < 1.29 is 35.7 Å². The first-order valence-corrected chi connectivity index (χ1v) is 36.2. The highest BCUT2D eigenvalue weighted by Crippen LogP contribution is 2.57. The fourth-order valence-corrected chi connectivity index (χ4v) is 18.5. The predicted octanol–water partition coefficient (Wildman–Crippen LogP) is 26.4. The smallest absolute Gasteiger partial charge is 0.136 e. The summed E-state index contributed by atoms with van der Waals surface area (Å²) in [5.74, 6) is 2.62. The van der Waals surface area contributed by atoms with Gasteiger partial charge in [0, 0.05) is 99.2 Å². The van der Waals surface area contributed by atoms with Crippen LogP contribution in [0.25, 0.3) is 183 Å². The second-order valence-electron chi connectivity index (χ2n) is 29.1. The van der Waals surface area contributed by atoms with Gasteiger partial charge in [-0.05, 0) is 196 Å². The molecule has 0 bridgehead atoms. The lowest BCUT2D eigenvalue weighted by Crippen LogP contribution is -2.40. The minimum absolute atomic E-state index is 0.229. The lowest BCUT2D eigenvalue weighted by molar-refractivity contribution is 0.277. The Kier molecular flexibility index (Phi) is 11.7. The van der Waals surface area contributed by atoms with Gasteiger partial charge >= 0.3 is 0 Å². The molecule has 13 aromatic carbocycles. The van der Waals surface area contributed by atoms with Crippen molar-refractivity contribution >= 4 is 149 Å². The van der Waals surface area contributed by atoms with Crippen molar-refractivity contribution in [1.82, 2.24) is 0 Å². The third-order valence-corrected chi connectivity index (χ3v) is 23.5. The summed E-state index contributed by atoms with van der Waals surface area (Å²) in [6.07, 6.45) is 15.8. The zero-order valence-corrected chi connectivity index (χ0v) is 56.4. The maximum Gasteiger partial charge on any atom is 0.136 e. The summed E-state index contributed by atoms with van der Waals surface area (Å²) >= 11 is 0. The van der Waals surface area contributed by atoms with Crippen molar-refractivity contribution in [3.8, 4) is 39.1 Å². The number of hydrogen-bond acceptors (Lipinski definition) is 8. The van der Waals surface area contributed by atoms with Crippen LogP contribution in [0, 0.1) is 5.92 Å². The molecule has 3 aliphatic carbocycles. The summed E-state index contributed by atoms with van der Waals surface area (Å²) in [5.41, 5.74) is 24.7. The lowest BCUT2D eigenvalue weighted by atomic mass is 9.57. The van der Waals surface area contributed by atoms with Gasteiger partial charge in [-0.25, -0.2) is 0 Å². The van der Waals surface area contributed by atoms with E-state index in [1.54, 1.807) is 0 Å². The van der Waals surface area contributed by atoms with E-state index < -0.39 is 5.41 Å². The number of benzene rings is 13. The molecule has 494 valence electrons. The van der Waals surface area contributed by atoms with Crippen molar-refractivity contribution in [2.75, 3.05) is 0 Å². The second-order valence-corrected chi connectivity index (χ2v) is 29.1. The number of fused-ring (bicyclic) bond motifs is 24. The highest BCUT2D eigenvalue weighted by molar-refractivity contribution is 6.18. The van der Waals surface area contributed by atoms with Gasteiger partial charge in [0.25, 0.3) is 0 Å². The molecule has 24 rings (SSSR count). The summed E-state index contributed by atoms with van der Waals surface area (Å²) < 4.78 is 55.7. The van der Waals surface area contributed by atoms with E-state index in [9.17, 15) is 0 Å². The molecular formula is C97H58O8. The van der Waals surface area contributed by atoms with Crippen molar-refractivity contribution in [3.63, 3.8) is 0 Å². The zero-order chi connectivity index (χ0) is 68.3. The third-order valence-electron chi connectivity index (χ3n) is 23.5. The molecule has 0 amide bonds. The van der Waals surface area contributed by atoms with Crippen LogP contribution in [0.5, 0.6) is 5.75 Å². The van der Waals surface area contributed by atoms with Crippen LogP contribution in [0.3, 0.4) is 0 Å². The normalized spacial score (nSPS) is 16.5. The molecule has 0 saturated carbocycles. The Labute approximate surface area is 598 Å². The highest BCUT2D eigenvalue weighted by atomic mass is 16.5. The summed E-state index contributed by atoms with van der Waals surface area (Å²) in [6.45, 7) is 0. The van der Waals surface area contributed by atoms with E-state index in [2.05, 4.69) is 297 Å². The average molecular weight is 1350 g/mol. The zero-order valence-electron chi connectivity index (χ0n) is 56.4. The lowest BCUT2D eigenvalue weighted by Gasteiger charge is -2.44. The quantitative estimate of drug-likeness (QED) is 0.148. The minimum Gasteiger partial charge on any atom is -0.485 e. The van der Waals surface area contributed by atoms with E-state index in [4.69, 9.17) is 35.7 Å². The van der Waals surface area contributed by atoms with E-state index in [1.165, 1.54) is 11.1 Å². The molecule has 7 aromatic heterocycles. The standard InChI is InChI=1S/C97H58O8/c1-5-13-53(14-6-1)57-21-29-81-65(37-57)73-45-93-77(49-89(73)98-81)69-41-61(25-33-85(69)102-93)97(62-26-34-86-70(42-62)78-50-90-74(46-94(78)103-86)66-38-58(22-30-82(66)99-90)54-15-7-2-8-16-54,63-27-35-87-71(43-63)79-51-91-75(47-95(79)104-87)67-39-59(23-31-83(67)100-91)55-17-9-3-10-18-55)64-28-36-88-72(44-64)80-52-92-76(48-96(80)105-88)68-40-60(24-32-84(68)101-92)56-19-11-4-12-20-56/h1-35,37-39,41-42,44-52,60,63,88H,36,40,43H2. The Morgan fingerprint density at radius 3 is 1.18 bits per heavy atom. The Morgan fingerprint density at radius 1 is 0.305 bits per heavy atom. The molecule has 105 heavy (non-hydrogen) atoms. The number of allylic oxidation sites excluding steroid dienone is 4. The Morgan fingerprint density at radius 2 is 0.695 bits per heavy atom. The fourth-order valence-electron chi connectivity index (χ4n) is 18.5. The molecule has 8 heterocycles. The second kappa shape index (κ2) is 21.4. The largest absolute Gasteiger partial charge is 0.485 e. The molecule has 3 unspecified atom stereocenters. The van der Waals surface area contributed by atoms with Crippen LogP contribution in [-0.2, 0) is 18.3 Å². The van der Waals surface area contributed by atoms with E-state index in [-0.39, 0.29) is 17.9 Å². The molecule has 20 aromatic rings. The number of hydrogen-bond donors (Lipinski definition) is 0. The van der Waals surface area contributed by atoms with Crippen molar-refractivity contribution in [2.45, 2.75) is 36.7 Å². The molecule has 1 aliphatic heterocycles. The van der Waals surface area contributed by atoms with Crippen LogP contribution in [0.2, 0.25) is 0 Å². The van der Waals surface area contributed by atoms with Crippen LogP contribution >= 0.6 is 0 Å². The molecule has 0 saturated heterocycles. The van der Waals surface area contributed by atoms with Gasteiger partial charge in [-0.15, -0.1) is 0 Å². The maximum atomic E-state index is 7.19. The van der Waals surface area contributed by atoms with Crippen LogP contribution < -0.4 is 4.74 Å². The van der Waals surface area contributed by atoms with Gasteiger partial charge in [0.1, 0.15) is 90.4 Å². The van der Waals surface area contributed by atoms with Gasteiger partial charge in [-0.3, -0.25) is 0 Å². The monoisotopic (exact) mass is 1350 g/mol. The van der Waals surface area contributed by atoms with Gasteiger partial charge in [0.05, 0.1) is 5.41 Å². The predicted molar refractivity (Wildman–Crippen MR) is 422 cm³/mol.